The highest BCUT2D eigenvalue weighted by molar-refractivity contribution is 7.90. The van der Waals surface area contributed by atoms with Gasteiger partial charge in [-0.2, -0.15) is 8.42 Å². The van der Waals surface area contributed by atoms with Gasteiger partial charge >= 0.3 is 0 Å². The second-order valence-corrected chi connectivity index (χ2v) is 10.2. The third kappa shape index (κ3) is 6.91. The molecule has 0 bridgehead atoms. The van der Waals surface area contributed by atoms with E-state index in [0.29, 0.717) is 30.0 Å². The summed E-state index contributed by atoms with van der Waals surface area (Å²) in [6.07, 6.45) is 0.273. The van der Waals surface area contributed by atoms with Crippen molar-refractivity contribution < 1.29 is 27.1 Å². The number of hydrogen-bond acceptors (Lipinski definition) is 8. The van der Waals surface area contributed by atoms with E-state index in [1.165, 1.54) is 42.5 Å². The highest BCUT2D eigenvalue weighted by Gasteiger charge is 2.24. The molecule has 0 unspecified atom stereocenters. The summed E-state index contributed by atoms with van der Waals surface area (Å²) in [6.45, 7) is 8.03. The number of sulfonamides is 1. The summed E-state index contributed by atoms with van der Waals surface area (Å²) in [7, 11) is -4.31. The number of amides is 1. The normalized spacial score (nSPS) is 12.3. The molecule has 192 valence electrons. The van der Waals surface area contributed by atoms with Crippen molar-refractivity contribution in [3.63, 3.8) is 0 Å². The van der Waals surface area contributed by atoms with Crippen LogP contribution in [0.15, 0.2) is 53.6 Å². The monoisotopic (exact) mass is 516 g/mol. The molecule has 2 aromatic heterocycles. The van der Waals surface area contributed by atoms with Gasteiger partial charge in [-0.15, -0.1) is 0 Å². The van der Waals surface area contributed by atoms with Gasteiger partial charge in [0.25, 0.3) is 15.9 Å². The Hall–Kier alpha value is -3.73. The molecule has 0 saturated heterocycles. The predicted molar refractivity (Wildman–Crippen MR) is 134 cm³/mol. The van der Waals surface area contributed by atoms with Gasteiger partial charge in [-0.25, -0.2) is 19.1 Å². The van der Waals surface area contributed by atoms with Gasteiger partial charge in [0.2, 0.25) is 5.88 Å². The fourth-order valence-electron chi connectivity index (χ4n) is 3.00. The van der Waals surface area contributed by atoms with Crippen molar-refractivity contribution in [3.8, 4) is 22.9 Å². The zero-order valence-corrected chi connectivity index (χ0v) is 21.3. The van der Waals surface area contributed by atoms with Crippen LogP contribution in [0.25, 0.3) is 11.3 Å². The van der Waals surface area contributed by atoms with Crippen molar-refractivity contribution in [2.24, 2.45) is 5.92 Å². The lowest BCUT2D eigenvalue weighted by Gasteiger charge is -2.16. The van der Waals surface area contributed by atoms with E-state index in [4.69, 9.17) is 15.2 Å². The summed E-state index contributed by atoms with van der Waals surface area (Å²) in [5.41, 5.74) is 6.18. The number of anilines is 1. The molecule has 0 saturated carbocycles. The van der Waals surface area contributed by atoms with Gasteiger partial charge < -0.3 is 15.2 Å². The highest BCUT2D eigenvalue weighted by atomic mass is 32.2. The molecule has 9 nitrogen and oxygen atoms in total. The zero-order chi connectivity index (χ0) is 26.5. The van der Waals surface area contributed by atoms with Crippen LogP contribution in [-0.2, 0) is 10.0 Å². The molecule has 0 aliphatic heterocycles. The number of halogens is 1. The lowest BCUT2D eigenvalue weighted by atomic mass is 10.1. The van der Waals surface area contributed by atoms with Crippen molar-refractivity contribution in [3.05, 3.63) is 59.9 Å². The first-order valence-electron chi connectivity index (χ1n) is 11.4. The summed E-state index contributed by atoms with van der Waals surface area (Å²) < 4.78 is 53.1. The van der Waals surface area contributed by atoms with Crippen LogP contribution in [0.3, 0.4) is 0 Å². The topological polar surface area (TPSA) is 134 Å². The van der Waals surface area contributed by atoms with Crippen molar-refractivity contribution in [1.29, 1.82) is 0 Å². The van der Waals surface area contributed by atoms with Gasteiger partial charge in [0.05, 0.1) is 18.4 Å². The fraction of sp³-hybridized carbons (Fsp3) is 0.320. The van der Waals surface area contributed by atoms with Gasteiger partial charge in [0.15, 0.2) is 5.03 Å². The maximum Gasteiger partial charge on any atom is 0.281 e. The Bertz CT molecular complexity index is 1350. The second-order valence-electron chi connectivity index (χ2n) is 8.60. The molecule has 1 atom stereocenters. The number of benzene rings is 1. The van der Waals surface area contributed by atoms with Gasteiger partial charge in [-0.05, 0) is 55.7 Å². The maximum atomic E-state index is 14.3. The summed E-state index contributed by atoms with van der Waals surface area (Å²) in [4.78, 5) is 21.1. The van der Waals surface area contributed by atoms with E-state index in [-0.39, 0.29) is 29.3 Å². The molecule has 3 N–H and O–H groups in total. The van der Waals surface area contributed by atoms with Gasteiger partial charge in [-0.1, -0.05) is 26.8 Å². The Labute approximate surface area is 209 Å². The van der Waals surface area contributed by atoms with Gasteiger partial charge in [0, 0.05) is 11.6 Å². The molecule has 3 rings (SSSR count). The molecule has 0 radical (unpaired) electrons. The standard InChI is InChI=1S/C25H29FN4O5S/c1-5-16(4)35-25-20(24(31)30-36(32,33)23-8-6-7-22(27)29-23)9-10-21(28-25)17-11-18(26)13-19(12-17)34-14-15(2)3/h6-13,15-16H,5,14H2,1-4H3,(H2,27,29)(H,30,31)/t16-/m0/s1. The van der Waals surface area contributed by atoms with Crippen LogP contribution < -0.4 is 19.9 Å². The first kappa shape index (κ1) is 26.9. The number of nitrogens with zero attached hydrogens (tertiary/aromatic N) is 2. The minimum absolute atomic E-state index is 0.0102. The SMILES string of the molecule is CC[C@H](C)Oc1nc(-c2cc(F)cc(OCC(C)C)c2)ccc1C(=O)NS(=O)(=O)c1cccc(N)n1. The number of nitrogen functional groups attached to an aromatic ring is 1. The van der Waals surface area contributed by atoms with Crippen LogP contribution in [0.4, 0.5) is 10.2 Å². The van der Waals surface area contributed by atoms with E-state index >= 15 is 0 Å². The Morgan fingerprint density at radius 1 is 1.11 bits per heavy atom. The number of nitrogens with one attached hydrogen (secondary N) is 1. The fourth-order valence-corrected chi connectivity index (χ4v) is 3.95. The molecule has 11 heteroatoms. The number of nitrogens with two attached hydrogens (primary N) is 1. The number of carbonyl (C=O) groups excluding carboxylic acids is 1. The summed E-state index contributed by atoms with van der Waals surface area (Å²) in [6, 6.07) is 11.1. The average molecular weight is 517 g/mol. The van der Waals surface area contributed by atoms with Crippen LogP contribution in [-0.4, -0.2) is 37.0 Å². The van der Waals surface area contributed by atoms with Gasteiger partial charge in [-0.3, -0.25) is 4.79 Å². The molecular weight excluding hydrogens is 487 g/mol. The van der Waals surface area contributed by atoms with E-state index in [2.05, 4.69) is 9.97 Å². The first-order chi connectivity index (χ1) is 17.0. The summed E-state index contributed by atoms with van der Waals surface area (Å²) in [5, 5.41) is -0.404. The molecule has 3 aromatic rings. The number of pyridine rings is 2. The molecule has 2 heterocycles. The summed E-state index contributed by atoms with van der Waals surface area (Å²) in [5.74, 6) is -0.987. The quantitative estimate of drug-likeness (QED) is 0.410. The van der Waals surface area contributed by atoms with E-state index in [1.54, 1.807) is 13.0 Å². The third-order valence-electron chi connectivity index (χ3n) is 4.99. The second kappa shape index (κ2) is 11.3. The smallest absolute Gasteiger partial charge is 0.281 e. The van der Waals surface area contributed by atoms with Crippen LogP contribution in [0.5, 0.6) is 11.6 Å². The van der Waals surface area contributed by atoms with Crippen molar-refractivity contribution in [2.45, 2.75) is 45.2 Å². The molecule has 1 aromatic carbocycles. The minimum atomic E-state index is -4.31. The number of rotatable bonds is 10. The summed E-state index contributed by atoms with van der Waals surface area (Å²) >= 11 is 0. The van der Waals surface area contributed by atoms with Crippen molar-refractivity contribution in [2.75, 3.05) is 12.3 Å². The van der Waals surface area contributed by atoms with Crippen LogP contribution in [0, 0.1) is 11.7 Å². The largest absolute Gasteiger partial charge is 0.493 e. The zero-order valence-electron chi connectivity index (χ0n) is 20.5. The Morgan fingerprint density at radius 2 is 1.86 bits per heavy atom. The van der Waals surface area contributed by atoms with Crippen molar-refractivity contribution >= 4 is 21.7 Å². The minimum Gasteiger partial charge on any atom is -0.493 e. The molecule has 1 amide bonds. The Kier molecular flexibility index (Phi) is 8.46. The van der Waals surface area contributed by atoms with Gasteiger partial charge in [0.1, 0.15) is 22.9 Å². The number of aromatic nitrogens is 2. The lowest BCUT2D eigenvalue weighted by molar-refractivity contribution is 0.0973. The highest BCUT2D eigenvalue weighted by Crippen LogP contribution is 2.29. The molecule has 0 aliphatic carbocycles. The van der Waals surface area contributed by atoms with E-state index in [1.807, 2.05) is 25.5 Å². The number of ether oxygens (including phenoxy) is 2. The van der Waals surface area contributed by atoms with Crippen LogP contribution >= 0.6 is 0 Å². The third-order valence-corrected chi connectivity index (χ3v) is 6.22. The van der Waals surface area contributed by atoms with E-state index in [9.17, 15) is 17.6 Å². The molecule has 36 heavy (non-hydrogen) atoms. The van der Waals surface area contributed by atoms with Crippen LogP contribution in [0.1, 0.15) is 44.5 Å². The number of carbonyl (C=O) groups is 1. The number of hydrogen-bond donors (Lipinski definition) is 2. The van der Waals surface area contributed by atoms with E-state index in [0.717, 1.165) is 0 Å². The lowest BCUT2D eigenvalue weighted by Crippen LogP contribution is -2.32. The Morgan fingerprint density at radius 3 is 2.53 bits per heavy atom. The predicted octanol–water partition coefficient (Wildman–Crippen LogP) is 4.20. The molecular formula is C25H29FN4O5S. The molecule has 0 aliphatic rings. The van der Waals surface area contributed by atoms with E-state index < -0.39 is 26.8 Å². The Balaban J connectivity index is 1.97. The van der Waals surface area contributed by atoms with Crippen molar-refractivity contribution in [1.82, 2.24) is 14.7 Å². The maximum absolute atomic E-state index is 14.3. The molecule has 0 fully saturated rings. The average Bonchev–Trinajstić information content (AvgIpc) is 2.82. The first-order valence-corrected chi connectivity index (χ1v) is 12.9. The molecule has 0 spiro atoms. The van der Waals surface area contributed by atoms with Crippen LogP contribution in [0.2, 0.25) is 0 Å².